The van der Waals surface area contributed by atoms with Gasteiger partial charge in [-0.15, -0.1) is 0 Å². The number of carbonyl (C=O) groups is 2. The third-order valence-electron chi connectivity index (χ3n) is 5.12. The molecular formula is C19H33NO3. The van der Waals surface area contributed by atoms with Crippen LogP contribution in [-0.4, -0.2) is 34.5 Å². The molecule has 23 heavy (non-hydrogen) atoms. The summed E-state index contributed by atoms with van der Waals surface area (Å²) >= 11 is 0. The lowest BCUT2D eigenvalue weighted by Crippen LogP contribution is -2.54. The monoisotopic (exact) mass is 323 g/mol. The second-order valence-corrected chi connectivity index (χ2v) is 8.29. The molecule has 1 aliphatic heterocycles. The molecule has 2 fully saturated rings. The topological polar surface area (TPSA) is 46.6 Å². The molecule has 0 bridgehead atoms. The van der Waals surface area contributed by atoms with Crippen molar-refractivity contribution in [2.24, 2.45) is 5.92 Å². The third kappa shape index (κ3) is 5.22. The highest BCUT2D eigenvalue weighted by Crippen LogP contribution is 2.34. The van der Waals surface area contributed by atoms with Gasteiger partial charge in [0.15, 0.2) is 0 Å². The molecule has 0 unspecified atom stereocenters. The average molecular weight is 323 g/mol. The van der Waals surface area contributed by atoms with Crippen LogP contribution < -0.4 is 0 Å². The van der Waals surface area contributed by atoms with E-state index in [1.807, 2.05) is 25.7 Å². The molecule has 1 saturated heterocycles. The van der Waals surface area contributed by atoms with Gasteiger partial charge in [-0.3, -0.25) is 4.79 Å². The zero-order valence-corrected chi connectivity index (χ0v) is 15.3. The van der Waals surface area contributed by atoms with Gasteiger partial charge in [-0.25, -0.2) is 4.79 Å². The molecule has 1 heterocycles. The number of piperidine rings is 1. The van der Waals surface area contributed by atoms with Gasteiger partial charge in [0.2, 0.25) is 0 Å². The SMILES string of the molecule is CC[C@@H]1CC(=O)C[C@H](CC2CCCCC2)N1C(=O)OC(C)(C)C. The highest BCUT2D eigenvalue weighted by atomic mass is 16.6. The van der Waals surface area contributed by atoms with Gasteiger partial charge in [-0.1, -0.05) is 39.0 Å². The minimum Gasteiger partial charge on any atom is -0.444 e. The quantitative estimate of drug-likeness (QED) is 0.756. The maximum Gasteiger partial charge on any atom is 0.410 e. The van der Waals surface area contributed by atoms with E-state index in [0.717, 1.165) is 12.8 Å². The second kappa shape index (κ2) is 7.67. The minimum atomic E-state index is -0.494. The molecule has 2 rings (SSSR count). The maximum absolute atomic E-state index is 12.7. The molecule has 2 atom stereocenters. The van der Waals surface area contributed by atoms with E-state index >= 15 is 0 Å². The smallest absolute Gasteiger partial charge is 0.410 e. The number of nitrogens with zero attached hydrogens (tertiary/aromatic N) is 1. The molecule has 1 amide bonds. The Kier molecular flexibility index (Phi) is 6.10. The zero-order valence-electron chi connectivity index (χ0n) is 15.3. The van der Waals surface area contributed by atoms with E-state index in [4.69, 9.17) is 4.74 Å². The molecule has 0 aromatic carbocycles. The van der Waals surface area contributed by atoms with Crippen LogP contribution in [0.5, 0.6) is 0 Å². The Labute approximate surface area is 140 Å². The van der Waals surface area contributed by atoms with Crippen LogP contribution in [0.3, 0.4) is 0 Å². The Bertz CT molecular complexity index is 421. The Morgan fingerprint density at radius 3 is 2.30 bits per heavy atom. The molecule has 0 spiro atoms. The van der Waals surface area contributed by atoms with Crippen LogP contribution in [0.15, 0.2) is 0 Å². The van der Waals surface area contributed by atoms with E-state index < -0.39 is 5.60 Å². The molecule has 1 saturated carbocycles. The van der Waals surface area contributed by atoms with Crippen molar-refractivity contribution in [3.63, 3.8) is 0 Å². The van der Waals surface area contributed by atoms with Crippen LogP contribution in [0.2, 0.25) is 0 Å². The van der Waals surface area contributed by atoms with Crippen molar-refractivity contribution in [3.05, 3.63) is 0 Å². The van der Waals surface area contributed by atoms with Gasteiger partial charge in [0, 0.05) is 24.9 Å². The normalized spacial score (nSPS) is 27.1. The van der Waals surface area contributed by atoms with Crippen LogP contribution in [0.4, 0.5) is 4.79 Å². The van der Waals surface area contributed by atoms with Gasteiger partial charge in [-0.2, -0.15) is 0 Å². The number of likely N-dealkylation sites (tertiary alicyclic amines) is 1. The third-order valence-corrected chi connectivity index (χ3v) is 5.12. The van der Waals surface area contributed by atoms with E-state index in [1.54, 1.807) is 0 Å². The van der Waals surface area contributed by atoms with E-state index in [2.05, 4.69) is 6.92 Å². The van der Waals surface area contributed by atoms with E-state index in [-0.39, 0.29) is 18.2 Å². The predicted octanol–water partition coefficient (Wildman–Crippen LogP) is 4.70. The van der Waals surface area contributed by atoms with Gasteiger partial charge >= 0.3 is 6.09 Å². The first kappa shape index (κ1) is 18.3. The number of hydrogen-bond acceptors (Lipinski definition) is 3. The fourth-order valence-corrected chi connectivity index (χ4v) is 4.06. The van der Waals surface area contributed by atoms with Crippen LogP contribution in [0.25, 0.3) is 0 Å². The summed E-state index contributed by atoms with van der Waals surface area (Å²) in [6.45, 7) is 7.75. The van der Waals surface area contributed by atoms with Crippen LogP contribution in [0.1, 0.15) is 85.5 Å². The van der Waals surface area contributed by atoms with Crippen molar-refractivity contribution in [1.82, 2.24) is 4.90 Å². The highest BCUT2D eigenvalue weighted by molar-refractivity contribution is 5.83. The number of ketones is 1. The van der Waals surface area contributed by atoms with E-state index in [9.17, 15) is 9.59 Å². The molecule has 2 aliphatic rings. The van der Waals surface area contributed by atoms with Crippen molar-refractivity contribution in [2.45, 2.75) is 103 Å². The second-order valence-electron chi connectivity index (χ2n) is 8.29. The Morgan fingerprint density at radius 2 is 1.74 bits per heavy atom. The van der Waals surface area contributed by atoms with E-state index in [1.165, 1.54) is 32.1 Å². The van der Waals surface area contributed by atoms with Gasteiger partial charge in [-0.05, 0) is 39.5 Å². The molecule has 132 valence electrons. The number of amides is 1. The first-order valence-corrected chi connectivity index (χ1v) is 9.33. The number of Topliss-reactive ketones (excluding diaryl/α,β-unsaturated/α-hetero) is 1. The fraction of sp³-hybridized carbons (Fsp3) is 0.895. The molecule has 0 aromatic rings. The molecule has 4 nitrogen and oxygen atoms in total. The first-order valence-electron chi connectivity index (χ1n) is 9.33. The predicted molar refractivity (Wildman–Crippen MR) is 91.4 cm³/mol. The summed E-state index contributed by atoms with van der Waals surface area (Å²) in [5.41, 5.74) is -0.494. The summed E-state index contributed by atoms with van der Waals surface area (Å²) in [6.07, 6.45) is 8.90. The van der Waals surface area contributed by atoms with Crippen molar-refractivity contribution in [3.8, 4) is 0 Å². The molecule has 4 heteroatoms. The van der Waals surface area contributed by atoms with Crippen LogP contribution in [0, 0.1) is 5.92 Å². The summed E-state index contributed by atoms with van der Waals surface area (Å²) < 4.78 is 5.64. The zero-order chi connectivity index (χ0) is 17.0. The van der Waals surface area contributed by atoms with E-state index in [0.29, 0.717) is 24.5 Å². The summed E-state index contributed by atoms with van der Waals surface area (Å²) in [6, 6.07) is 0.0267. The van der Waals surface area contributed by atoms with Gasteiger partial charge < -0.3 is 9.64 Å². The standard InChI is InChI=1S/C19H33NO3/c1-5-15-12-17(21)13-16(11-14-9-7-6-8-10-14)20(15)18(22)23-19(2,3)4/h14-16H,5-13H2,1-4H3/t15-,16+/m1/s1. The highest BCUT2D eigenvalue weighted by Gasteiger charge is 2.40. The summed E-state index contributed by atoms with van der Waals surface area (Å²) in [5, 5.41) is 0. The van der Waals surface area contributed by atoms with Crippen LogP contribution >= 0.6 is 0 Å². The Hall–Kier alpha value is -1.06. The van der Waals surface area contributed by atoms with Crippen molar-refractivity contribution < 1.29 is 14.3 Å². The van der Waals surface area contributed by atoms with Gasteiger partial charge in [0.05, 0.1) is 0 Å². The van der Waals surface area contributed by atoms with Crippen molar-refractivity contribution >= 4 is 11.9 Å². The lowest BCUT2D eigenvalue weighted by atomic mass is 9.81. The molecule has 0 N–H and O–H groups in total. The number of hydrogen-bond donors (Lipinski definition) is 0. The fourth-order valence-electron chi connectivity index (χ4n) is 4.06. The lowest BCUT2D eigenvalue weighted by Gasteiger charge is -2.43. The number of rotatable bonds is 3. The lowest BCUT2D eigenvalue weighted by molar-refractivity contribution is -0.125. The molecule has 1 aliphatic carbocycles. The average Bonchev–Trinajstić information content (AvgIpc) is 2.45. The van der Waals surface area contributed by atoms with Crippen LogP contribution in [-0.2, 0) is 9.53 Å². The summed E-state index contributed by atoms with van der Waals surface area (Å²) in [4.78, 5) is 26.8. The first-order chi connectivity index (χ1) is 10.8. The number of carbonyl (C=O) groups excluding carboxylic acids is 2. The summed E-state index contributed by atoms with van der Waals surface area (Å²) in [7, 11) is 0. The maximum atomic E-state index is 12.7. The summed E-state index contributed by atoms with van der Waals surface area (Å²) in [5.74, 6) is 0.958. The largest absolute Gasteiger partial charge is 0.444 e. The molecule has 0 aromatic heterocycles. The van der Waals surface area contributed by atoms with Crippen molar-refractivity contribution in [2.75, 3.05) is 0 Å². The minimum absolute atomic E-state index is 0.000287. The Balaban J connectivity index is 2.12. The molecular weight excluding hydrogens is 290 g/mol. The van der Waals surface area contributed by atoms with Crippen molar-refractivity contribution in [1.29, 1.82) is 0 Å². The van der Waals surface area contributed by atoms with Gasteiger partial charge in [0.1, 0.15) is 11.4 Å². The van der Waals surface area contributed by atoms with Gasteiger partial charge in [0.25, 0.3) is 0 Å². The molecule has 0 radical (unpaired) electrons. The number of ether oxygens (including phenoxy) is 1. The Morgan fingerprint density at radius 1 is 1.13 bits per heavy atom.